The molecule has 0 heterocycles. The summed E-state index contributed by atoms with van der Waals surface area (Å²) in [5, 5.41) is 3.58. The van der Waals surface area contributed by atoms with Gasteiger partial charge in [0.2, 0.25) is 0 Å². The second-order valence-electron chi connectivity index (χ2n) is 5.00. The van der Waals surface area contributed by atoms with Crippen LogP contribution in [0.25, 0.3) is 0 Å². The van der Waals surface area contributed by atoms with Crippen LogP contribution >= 0.6 is 23.4 Å². The molecule has 0 saturated heterocycles. The van der Waals surface area contributed by atoms with Crippen molar-refractivity contribution in [2.75, 3.05) is 26.0 Å². The van der Waals surface area contributed by atoms with E-state index in [1.54, 1.807) is 31.0 Å². The van der Waals surface area contributed by atoms with E-state index in [1.807, 2.05) is 36.4 Å². The van der Waals surface area contributed by atoms with E-state index < -0.39 is 0 Å². The fourth-order valence-corrected chi connectivity index (χ4v) is 2.99. The molecule has 128 valence electrons. The minimum absolute atomic E-state index is 0.00781. The fraction of sp³-hybridized carbons (Fsp3) is 0.278. The van der Waals surface area contributed by atoms with Gasteiger partial charge in [0.05, 0.1) is 7.11 Å². The molecule has 6 heteroatoms. The van der Waals surface area contributed by atoms with Crippen LogP contribution < -0.4 is 14.8 Å². The van der Waals surface area contributed by atoms with Crippen LogP contribution in [0.1, 0.15) is 5.56 Å². The number of rotatable bonds is 9. The van der Waals surface area contributed by atoms with Crippen molar-refractivity contribution in [2.24, 2.45) is 0 Å². The van der Waals surface area contributed by atoms with Gasteiger partial charge >= 0.3 is 0 Å². The summed E-state index contributed by atoms with van der Waals surface area (Å²) in [5.41, 5.74) is 1.18. The van der Waals surface area contributed by atoms with E-state index in [-0.39, 0.29) is 12.5 Å². The Hall–Kier alpha value is -1.85. The fourth-order valence-electron chi connectivity index (χ4n) is 1.97. The molecule has 0 fully saturated rings. The predicted octanol–water partition coefficient (Wildman–Crippen LogP) is 3.78. The van der Waals surface area contributed by atoms with Gasteiger partial charge in [-0.3, -0.25) is 4.79 Å². The third-order valence-electron chi connectivity index (χ3n) is 3.14. The number of hydrogen-bond acceptors (Lipinski definition) is 4. The Balaban J connectivity index is 1.59. The first-order valence-corrected chi connectivity index (χ1v) is 9.06. The van der Waals surface area contributed by atoms with E-state index in [2.05, 4.69) is 5.32 Å². The standard InChI is InChI=1S/C18H20ClNO3S/c1-22-16-6-3-7-17(11-16)23-12-18(21)20-8-9-24-13-14-4-2-5-15(19)10-14/h2-7,10-11H,8-9,12-13H2,1H3,(H,20,21). The molecule has 1 amide bonds. The molecule has 0 spiro atoms. The summed E-state index contributed by atoms with van der Waals surface area (Å²) in [7, 11) is 1.59. The summed E-state index contributed by atoms with van der Waals surface area (Å²) < 4.78 is 10.5. The molecule has 1 N–H and O–H groups in total. The zero-order chi connectivity index (χ0) is 17.2. The smallest absolute Gasteiger partial charge is 0.257 e. The van der Waals surface area contributed by atoms with Crippen LogP contribution in [0, 0.1) is 0 Å². The quantitative estimate of drug-likeness (QED) is 0.687. The van der Waals surface area contributed by atoms with Crippen LogP contribution in [0.5, 0.6) is 11.5 Å². The van der Waals surface area contributed by atoms with Crippen molar-refractivity contribution in [1.29, 1.82) is 0 Å². The Bertz CT molecular complexity index is 666. The summed E-state index contributed by atoms with van der Waals surface area (Å²) in [4.78, 5) is 11.8. The van der Waals surface area contributed by atoms with Crippen LogP contribution in [0.4, 0.5) is 0 Å². The zero-order valence-corrected chi connectivity index (χ0v) is 15.0. The van der Waals surface area contributed by atoms with Gasteiger partial charge in [0.25, 0.3) is 5.91 Å². The first kappa shape index (κ1) is 18.5. The Morgan fingerprint density at radius 2 is 1.96 bits per heavy atom. The average molecular weight is 366 g/mol. The summed E-state index contributed by atoms with van der Waals surface area (Å²) in [6.07, 6.45) is 0. The van der Waals surface area contributed by atoms with Crippen LogP contribution in [0.15, 0.2) is 48.5 Å². The van der Waals surface area contributed by atoms with Crippen molar-refractivity contribution in [3.05, 3.63) is 59.1 Å². The molecule has 0 aliphatic heterocycles. The molecule has 2 aromatic rings. The lowest BCUT2D eigenvalue weighted by Crippen LogP contribution is -2.30. The van der Waals surface area contributed by atoms with E-state index >= 15 is 0 Å². The van der Waals surface area contributed by atoms with Gasteiger partial charge in [0.15, 0.2) is 6.61 Å². The topological polar surface area (TPSA) is 47.6 Å². The summed E-state index contributed by atoms with van der Waals surface area (Å²) >= 11 is 7.69. The lowest BCUT2D eigenvalue weighted by molar-refractivity contribution is -0.122. The number of methoxy groups -OCH3 is 1. The second-order valence-corrected chi connectivity index (χ2v) is 6.54. The Morgan fingerprint density at radius 1 is 1.17 bits per heavy atom. The molecule has 0 saturated carbocycles. The lowest BCUT2D eigenvalue weighted by Gasteiger charge is -2.08. The molecular weight excluding hydrogens is 346 g/mol. The van der Waals surface area contributed by atoms with E-state index in [0.29, 0.717) is 18.0 Å². The van der Waals surface area contributed by atoms with Gasteiger partial charge in [0.1, 0.15) is 11.5 Å². The number of carbonyl (C=O) groups is 1. The van der Waals surface area contributed by atoms with Gasteiger partial charge in [-0.25, -0.2) is 0 Å². The number of amides is 1. The molecule has 0 aromatic heterocycles. The first-order chi connectivity index (χ1) is 11.7. The average Bonchev–Trinajstić information content (AvgIpc) is 2.60. The first-order valence-electron chi connectivity index (χ1n) is 7.53. The number of hydrogen-bond donors (Lipinski definition) is 1. The van der Waals surface area contributed by atoms with Gasteiger partial charge in [-0.2, -0.15) is 11.8 Å². The largest absolute Gasteiger partial charge is 0.497 e. The number of benzene rings is 2. The minimum atomic E-state index is -0.138. The Kier molecular flexibility index (Phi) is 7.79. The maximum absolute atomic E-state index is 11.8. The molecule has 2 rings (SSSR count). The number of nitrogens with one attached hydrogen (secondary N) is 1. The van der Waals surface area contributed by atoms with Crippen molar-refractivity contribution >= 4 is 29.3 Å². The van der Waals surface area contributed by atoms with Gasteiger partial charge in [-0.05, 0) is 29.8 Å². The van der Waals surface area contributed by atoms with E-state index in [4.69, 9.17) is 21.1 Å². The third kappa shape index (κ3) is 6.72. The number of ether oxygens (including phenoxy) is 2. The zero-order valence-electron chi connectivity index (χ0n) is 13.5. The van der Waals surface area contributed by atoms with Crippen LogP contribution in [0.2, 0.25) is 5.02 Å². The van der Waals surface area contributed by atoms with Gasteiger partial charge in [-0.15, -0.1) is 0 Å². The number of carbonyl (C=O) groups excluding carboxylic acids is 1. The normalized spacial score (nSPS) is 10.2. The molecule has 0 bridgehead atoms. The summed E-state index contributed by atoms with van der Waals surface area (Å²) in [6.45, 7) is 0.595. The summed E-state index contributed by atoms with van der Waals surface area (Å²) in [6, 6.07) is 15.0. The highest BCUT2D eigenvalue weighted by Gasteiger charge is 2.03. The minimum Gasteiger partial charge on any atom is -0.497 e. The highest BCUT2D eigenvalue weighted by molar-refractivity contribution is 7.98. The van der Waals surface area contributed by atoms with E-state index in [0.717, 1.165) is 16.5 Å². The molecular formula is C18H20ClNO3S. The molecule has 0 unspecified atom stereocenters. The number of thioether (sulfide) groups is 1. The molecule has 0 atom stereocenters. The highest BCUT2D eigenvalue weighted by atomic mass is 35.5. The van der Waals surface area contributed by atoms with Crippen LogP contribution in [-0.4, -0.2) is 31.9 Å². The van der Waals surface area contributed by atoms with Crippen molar-refractivity contribution < 1.29 is 14.3 Å². The van der Waals surface area contributed by atoms with Crippen molar-refractivity contribution in [1.82, 2.24) is 5.32 Å². The van der Waals surface area contributed by atoms with Crippen molar-refractivity contribution in [2.45, 2.75) is 5.75 Å². The maximum Gasteiger partial charge on any atom is 0.257 e. The molecule has 0 aliphatic rings. The lowest BCUT2D eigenvalue weighted by atomic mass is 10.2. The third-order valence-corrected chi connectivity index (χ3v) is 4.40. The Morgan fingerprint density at radius 3 is 2.75 bits per heavy atom. The van der Waals surface area contributed by atoms with Crippen LogP contribution in [0.3, 0.4) is 0 Å². The maximum atomic E-state index is 11.8. The predicted molar refractivity (Wildman–Crippen MR) is 99.1 cm³/mol. The number of halogens is 1. The van der Waals surface area contributed by atoms with Gasteiger partial charge in [0, 0.05) is 29.1 Å². The van der Waals surface area contributed by atoms with Crippen molar-refractivity contribution in [3.8, 4) is 11.5 Å². The second kappa shape index (κ2) is 10.1. The summed E-state index contributed by atoms with van der Waals surface area (Å²) in [5.74, 6) is 2.88. The molecule has 4 nitrogen and oxygen atoms in total. The van der Waals surface area contributed by atoms with Crippen molar-refractivity contribution in [3.63, 3.8) is 0 Å². The van der Waals surface area contributed by atoms with E-state index in [9.17, 15) is 4.79 Å². The van der Waals surface area contributed by atoms with Gasteiger partial charge in [-0.1, -0.05) is 29.8 Å². The highest BCUT2D eigenvalue weighted by Crippen LogP contribution is 2.18. The van der Waals surface area contributed by atoms with Crippen LogP contribution in [-0.2, 0) is 10.5 Å². The Labute approximate surface area is 151 Å². The van der Waals surface area contributed by atoms with Gasteiger partial charge < -0.3 is 14.8 Å². The SMILES string of the molecule is COc1cccc(OCC(=O)NCCSCc2cccc(Cl)c2)c1. The molecule has 24 heavy (non-hydrogen) atoms. The molecule has 0 radical (unpaired) electrons. The monoisotopic (exact) mass is 365 g/mol. The molecule has 2 aromatic carbocycles. The molecule has 0 aliphatic carbocycles. The van der Waals surface area contributed by atoms with E-state index in [1.165, 1.54) is 5.56 Å².